The molecule has 0 rings (SSSR count). The van der Waals surface area contributed by atoms with E-state index in [1.807, 2.05) is 0 Å². The summed E-state index contributed by atoms with van der Waals surface area (Å²) in [7, 11) is -1.71. The van der Waals surface area contributed by atoms with Crippen LogP contribution in [0.4, 0.5) is 0 Å². The minimum absolute atomic E-state index is 0.241. The number of rotatable bonds is 11. The van der Waals surface area contributed by atoms with Crippen molar-refractivity contribution < 1.29 is 9.22 Å². The summed E-state index contributed by atoms with van der Waals surface area (Å²) in [5, 5.41) is 0.241. The second-order valence-corrected chi connectivity index (χ2v) is 12.6. The molecule has 0 fully saturated rings. The molecule has 0 heterocycles. The van der Waals surface area contributed by atoms with Crippen LogP contribution in [0.2, 0.25) is 18.1 Å². The number of ketones is 1. The first-order valence-electron chi connectivity index (χ1n) is 8.83. The van der Waals surface area contributed by atoms with E-state index in [9.17, 15) is 4.79 Å². The molecule has 0 aliphatic carbocycles. The van der Waals surface area contributed by atoms with Gasteiger partial charge >= 0.3 is 0 Å². The first-order chi connectivity index (χ1) is 9.64. The van der Waals surface area contributed by atoms with Gasteiger partial charge in [0.1, 0.15) is 5.78 Å². The Balaban J connectivity index is 4.13. The fraction of sp³-hybridized carbons (Fsp3) is 0.944. The van der Waals surface area contributed by atoms with Crippen LogP contribution in [-0.4, -0.2) is 20.2 Å². The van der Waals surface area contributed by atoms with Crippen LogP contribution >= 0.6 is 0 Å². The molecule has 0 aliphatic heterocycles. The lowest BCUT2D eigenvalue weighted by molar-refractivity contribution is -0.119. The van der Waals surface area contributed by atoms with Crippen LogP contribution in [0.15, 0.2) is 0 Å². The van der Waals surface area contributed by atoms with E-state index in [0.29, 0.717) is 12.2 Å². The zero-order valence-corrected chi connectivity index (χ0v) is 16.6. The maximum atomic E-state index is 11.9. The molecule has 2 nitrogen and oxygen atoms in total. The molecule has 0 spiro atoms. The number of Topliss-reactive ketones (excluding diaryl/α,β-unsaturated/α-hetero) is 1. The number of carbonyl (C=O) groups is 1. The van der Waals surface area contributed by atoms with Gasteiger partial charge in [0.25, 0.3) is 0 Å². The fourth-order valence-corrected chi connectivity index (χ4v) is 3.61. The highest BCUT2D eigenvalue weighted by atomic mass is 28.4. The Hall–Kier alpha value is -0.153. The third kappa shape index (κ3) is 8.77. The van der Waals surface area contributed by atoms with E-state index in [4.69, 9.17) is 4.43 Å². The van der Waals surface area contributed by atoms with E-state index in [-0.39, 0.29) is 11.1 Å². The van der Waals surface area contributed by atoms with Crippen molar-refractivity contribution in [2.75, 3.05) is 0 Å². The van der Waals surface area contributed by atoms with Gasteiger partial charge < -0.3 is 4.43 Å². The zero-order valence-electron chi connectivity index (χ0n) is 15.6. The quantitative estimate of drug-likeness (QED) is 0.340. The zero-order chi connectivity index (χ0) is 16.5. The molecular formula is C18H38O2Si. The van der Waals surface area contributed by atoms with E-state index >= 15 is 0 Å². The Labute approximate surface area is 134 Å². The van der Waals surface area contributed by atoms with Crippen LogP contribution in [0.25, 0.3) is 0 Å². The van der Waals surface area contributed by atoms with Gasteiger partial charge in [-0.2, -0.15) is 0 Å². The molecule has 0 aliphatic rings. The monoisotopic (exact) mass is 314 g/mol. The van der Waals surface area contributed by atoms with Crippen molar-refractivity contribution >= 4 is 14.1 Å². The van der Waals surface area contributed by atoms with Crippen LogP contribution < -0.4 is 0 Å². The Morgan fingerprint density at radius 3 is 2.14 bits per heavy atom. The van der Waals surface area contributed by atoms with Crippen LogP contribution in [-0.2, 0) is 9.22 Å². The van der Waals surface area contributed by atoms with Crippen LogP contribution in [0.1, 0.15) is 86.0 Å². The average Bonchev–Trinajstić information content (AvgIpc) is 2.38. The Kier molecular flexibility index (Phi) is 9.71. The van der Waals surface area contributed by atoms with Gasteiger partial charge in [-0.3, -0.25) is 4.79 Å². The third-order valence-electron chi connectivity index (χ3n) is 4.78. The van der Waals surface area contributed by atoms with Crippen molar-refractivity contribution in [3.8, 4) is 0 Å². The molecule has 1 atom stereocenters. The third-order valence-corrected chi connectivity index (χ3v) is 9.31. The standard InChI is InChI=1S/C18H38O2Si/c1-8-10-11-12-13-16(19)14-15-17(9-2)20-21(6,7)18(3,4)5/h17H,8-15H2,1-7H3. The molecule has 0 saturated heterocycles. The minimum atomic E-state index is -1.71. The molecule has 0 aromatic carbocycles. The van der Waals surface area contributed by atoms with Crippen molar-refractivity contribution in [1.29, 1.82) is 0 Å². The van der Waals surface area contributed by atoms with Crippen molar-refractivity contribution in [3.05, 3.63) is 0 Å². The summed E-state index contributed by atoms with van der Waals surface area (Å²) in [5.41, 5.74) is 0. The molecule has 0 aromatic rings. The number of hydrogen-bond donors (Lipinski definition) is 0. The summed E-state index contributed by atoms with van der Waals surface area (Å²) in [6.45, 7) is 15.8. The molecule has 126 valence electrons. The molecule has 0 radical (unpaired) electrons. The lowest BCUT2D eigenvalue weighted by Gasteiger charge is -2.39. The van der Waals surface area contributed by atoms with Crippen molar-refractivity contribution in [2.24, 2.45) is 0 Å². The van der Waals surface area contributed by atoms with Crippen molar-refractivity contribution in [3.63, 3.8) is 0 Å². The predicted molar refractivity (Wildman–Crippen MR) is 95.4 cm³/mol. The molecule has 0 N–H and O–H groups in total. The summed E-state index contributed by atoms with van der Waals surface area (Å²) < 4.78 is 6.43. The van der Waals surface area contributed by atoms with Gasteiger partial charge in [-0.1, -0.05) is 53.9 Å². The molecule has 3 heteroatoms. The van der Waals surface area contributed by atoms with E-state index in [0.717, 1.165) is 25.7 Å². The normalized spacial score (nSPS) is 14.2. The van der Waals surface area contributed by atoms with Crippen LogP contribution in [0, 0.1) is 0 Å². The smallest absolute Gasteiger partial charge is 0.192 e. The predicted octanol–water partition coefficient (Wildman–Crippen LogP) is 6.11. The summed E-state index contributed by atoms with van der Waals surface area (Å²) in [4.78, 5) is 11.9. The Morgan fingerprint density at radius 2 is 1.67 bits per heavy atom. The van der Waals surface area contributed by atoms with Crippen molar-refractivity contribution in [1.82, 2.24) is 0 Å². The van der Waals surface area contributed by atoms with Crippen molar-refractivity contribution in [2.45, 2.75) is 110 Å². The number of unbranched alkanes of at least 4 members (excludes halogenated alkanes) is 3. The average molecular weight is 315 g/mol. The molecular weight excluding hydrogens is 276 g/mol. The number of hydrogen-bond acceptors (Lipinski definition) is 2. The molecule has 1 unspecified atom stereocenters. The summed E-state index contributed by atoms with van der Waals surface area (Å²) in [6, 6.07) is 0. The lowest BCUT2D eigenvalue weighted by Crippen LogP contribution is -2.43. The van der Waals surface area contributed by atoms with E-state index in [1.165, 1.54) is 19.3 Å². The van der Waals surface area contributed by atoms with Gasteiger partial charge in [-0.25, -0.2) is 0 Å². The molecule has 0 saturated carbocycles. The summed E-state index contributed by atoms with van der Waals surface area (Å²) >= 11 is 0. The molecule has 0 amide bonds. The fourth-order valence-electron chi connectivity index (χ4n) is 2.14. The van der Waals surface area contributed by atoms with E-state index in [1.54, 1.807) is 0 Å². The van der Waals surface area contributed by atoms with E-state index < -0.39 is 8.32 Å². The topological polar surface area (TPSA) is 26.3 Å². The molecule has 0 aromatic heterocycles. The van der Waals surface area contributed by atoms with Gasteiger partial charge in [0, 0.05) is 18.9 Å². The number of carbonyl (C=O) groups excluding carboxylic acids is 1. The minimum Gasteiger partial charge on any atom is -0.414 e. The lowest BCUT2D eigenvalue weighted by atomic mass is 10.0. The van der Waals surface area contributed by atoms with Gasteiger partial charge in [-0.15, -0.1) is 0 Å². The second kappa shape index (κ2) is 9.78. The van der Waals surface area contributed by atoms with E-state index in [2.05, 4.69) is 47.7 Å². The Morgan fingerprint density at radius 1 is 1.05 bits per heavy atom. The van der Waals surface area contributed by atoms with Crippen LogP contribution in [0.3, 0.4) is 0 Å². The van der Waals surface area contributed by atoms with Crippen LogP contribution in [0.5, 0.6) is 0 Å². The molecule has 21 heavy (non-hydrogen) atoms. The first kappa shape index (κ1) is 20.8. The maximum Gasteiger partial charge on any atom is 0.192 e. The summed E-state index contributed by atoms with van der Waals surface area (Å²) in [6.07, 6.45) is 8.35. The highest BCUT2D eigenvalue weighted by Crippen LogP contribution is 2.38. The first-order valence-corrected chi connectivity index (χ1v) is 11.7. The molecule has 0 bridgehead atoms. The Bertz CT molecular complexity index is 292. The summed E-state index contributed by atoms with van der Waals surface area (Å²) in [5.74, 6) is 0.420. The SMILES string of the molecule is CCCCCCC(=O)CCC(CC)O[Si](C)(C)C(C)(C)C. The highest BCUT2D eigenvalue weighted by Gasteiger charge is 2.38. The maximum absolute atomic E-state index is 11.9. The van der Waals surface area contributed by atoms with Gasteiger partial charge in [0.2, 0.25) is 0 Å². The van der Waals surface area contributed by atoms with Gasteiger partial charge in [-0.05, 0) is 37.4 Å². The second-order valence-electron chi connectivity index (χ2n) is 7.80. The highest BCUT2D eigenvalue weighted by molar-refractivity contribution is 6.74. The van der Waals surface area contributed by atoms with Gasteiger partial charge in [0.05, 0.1) is 0 Å². The largest absolute Gasteiger partial charge is 0.414 e. The van der Waals surface area contributed by atoms with Gasteiger partial charge in [0.15, 0.2) is 8.32 Å².